The maximum atomic E-state index is 6.04. The Balaban J connectivity index is 2.18. The molecule has 1 aromatic heterocycles. The zero-order valence-corrected chi connectivity index (χ0v) is 11.2. The Bertz CT molecular complexity index is 554. The van der Waals surface area contributed by atoms with E-state index < -0.39 is 0 Å². The Morgan fingerprint density at radius 1 is 1.33 bits per heavy atom. The molecule has 18 heavy (non-hydrogen) atoms. The van der Waals surface area contributed by atoms with E-state index in [1.54, 1.807) is 13.2 Å². The van der Waals surface area contributed by atoms with E-state index in [2.05, 4.69) is 20.3 Å². The summed E-state index contributed by atoms with van der Waals surface area (Å²) in [6.07, 6.45) is 0. The number of nitrogens with zero attached hydrogens (tertiary/aromatic N) is 2. The smallest absolute Gasteiger partial charge is 0.143 e. The molecule has 96 valence electrons. The average Bonchev–Trinajstić information content (AvgIpc) is 2.76. The zero-order chi connectivity index (χ0) is 13.1. The molecular weight excluding hydrogens is 254 g/mol. The van der Waals surface area contributed by atoms with Crippen LogP contribution in [-0.2, 0) is 6.54 Å². The molecule has 0 aliphatic heterocycles. The maximum Gasteiger partial charge on any atom is 0.143 e. The zero-order valence-electron chi connectivity index (χ0n) is 10.5. The Kier molecular flexibility index (Phi) is 3.72. The summed E-state index contributed by atoms with van der Waals surface area (Å²) >= 11 is 6.04. The van der Waals surface area contributed by atoms with Crippen LogP contribution in [0, 0.1) is 13.8 Å². The molecule has 1 heterocycles. The molecule has 0 amide bonds. The van der Waals surface area contributed by atoms with Gasteiger partial charge in [0.1, 0.15) is 17.1 Å². The molecule has 0 bridgehead atoms. The van der Waals surface area contributed by atoms with Gasteiger partial charge in [-0.15, -0.1) is 0 Å². The monoisotopic (exact) mass is 267 g/mol. The van der Waals surface area contributed by atoms with Crippen LogP contribution >= 0.6 is 11.6 Å². The van der Waals surface area contributed by atoms with E-state index in [0.29, 0.717) is 17.3 Å². The Morgan fingerprint density at radius 2 is 2.11 bits per heavy atom. The molecule has 0 fully saturated rings. The SMILES string of the molecule is COc1cc(Cl)c(C)cc1NCc1nonc1C. The molecule has 1 N–H and O–H groups in total. The molecule has 0 radical (unpaired) electrons. The number of rotatable bonds is 4. The van der Waals surface area contributed by atoms with Gasteiger partial charge in [-0.2, -0.15) is 0 Å². The summed E-state index contributed by atoms with van der Waals surface area (Å²) < 4.78 is 9.92. The predicted molar refractivity (Wildman–Crippen MR) is 69.1 cm³/mol. The minimum atomic E-state index is 0.521. The number of anilines is 1. The van der Waals surface area contributed by atoms with Gasteiger partial charge in [0.05, 0.1) is 19.3 Å². The molecule has 6 heteroatoms. The van der Waals surface area contributed by atoms with E-state index in [9.17, 15) is 0 Å². The third kappa shape index (κ3) is 2.56. The lowest BCUT2D eigenvalue weighted by atomic mass is 10.2. The summed E-state index contributed by atoms with van der Waals surface area (Å²) in [7, 11) is 1.61. The van der Waals surface area contributed by atoms with Crippen LogP contribution < -0.4 is 10.1 Å². The summed E-state index contributed by atoms with van der Waals surface area (Å²) in [6.45, 7) is 4.31. The van der Waals surface area contributed by atoms with Crippen LogP contribution in [0.4, 0.5) is 5.69 Å². The topological polar surface area (TPSA) is 60.2 Å². The molecule has 1 aromatic carbocycles. The number of halogens is 1. The van der Waals surface area contributed by atoms with Crippen molar-refractivity contribution in [2.45, 2.75) is 20.4 Å². The highest BCUT2D eigenvalue weighted by Crippen LogP contribution is 2.31. The second kappa shape index (κ2) is 5.27. The lowest BCUT2D eigenvalue weighted by Gasteiger charge is -2.12. The minimum Gasteiger partial charge on any atom is -0.495 e. The fourth-order valence-corrected chi connectivity index (χ4v) is 1.71. The third-order valence-corrected chi connectivity index (χ3v) is 3.08. The van der Waals surface area contributed by atoms with E-state index in [1.165, 1.54) is 0 Å². The Hall–Kier alpha value is -1.75. The van der Waals surface area contributed by atoms with Crippen molar-refractivity contribution in [3.63, 3.8) is 0 Å². The molecule has 0 saturated carbocycles. The largest absolute Gasteiger partial charge is 0.495 e. The average molecular weight is 268 g/mol. The number of hydrogen-bond acceptors (Lipinski definition) is 5. The first-order valence-corrected chi connectivity index (χ1v) is 5.85. The Labute approximate surface area is 110 Å². The van der Waals surface area contributed by atoms with Crippen molar-refractivity contribution < 1.29 is 9.37 Å². The number of nitrogens with one attached hydrogen (secondary N) is 1. The molecule has 0 atom stereocenters. The molecule has 0 aliphatic carbocycles. The minimum absolute atomic E-state index is 0.521. The van der Waals surface area contributed by atoms with Crippen molar-refractivity contribution in [1.82, 2.24) is 10.3 Å². The van der Waals surface area contributed by atoms with Crippen molar-refractivity contribution in [3.8, 4) is 5.75 Å². The van der Waals surface area contributed by atoms with E-state index in [0.717, 1.165) is 22.6 Å². The van der Waals surface area contributed by atoms with Gasteiger partial charge in [0.2, 0.25) is 0 Å². The van der Waals surface area contributed by atoms with Gasteiger partial charge in [-0.3, -0.25) is 0 Å². The second-order valence-electron chi connectivity index (χ2n) is 3.95. The highest BCUT2D eigenvalue weighted by molar-refractivity contribution is 6.31. The highest BCUT2D eigenvalue weighted by Gasteiger charge is 2.09. The van der Waals surface area contributed by atoms with Gasteiger partial charge < -0.3 is 10.1 Å². The van der Waals surface area contributed by atoms with Crippen LogP contribution in [0.2, 0.25) is 5.02 Å². The van der Waals surface area contributed by atoms with Crippen molar-refractivity contribution in [3.05, 3.63) is 34.1 Å². The van der Waals surface area contributed by atoms with Gasteiger partial charge in [0.15, 0.2) is 0 Å². The number of methoxy groups -OCH3 is 1. The number of hydrogen-bond donors (Lipinski definition) is 1. The molecule has 0 unspecified atom stereocenters. The normalized spacial score (nSPS) is 10.4. The summed E-state index contributed by atoms with van der Waals surface area (Å²) in [5, 5.41) is 11.4. The summed E-state index contributed by atoms with van der Waals surface area (Å²) in [6, 6.07) is 3.72. The van der Waals surface area contributed by atoms with Gasteiger partial charge in [-0.1, -0.05) is 21.9 Å². The summed E-state index contributed by atoms with van der Waals surface area (Å²) in [5.41, 5.74) is 3.38. The molecular formula is C12H14ClN3O2. The first-order valence-electron chi connectivity index (χ1n) is 5.48. The van der Waals surface area contributed by atoms with Crippen molar-refractivity contribution in [2.24, 2.45) is 0 Å². The van der Waals surface area contributed by atoms with Crippen molar-refractivity contribution in [2.75, 3.05) is 12.4 Å². The van der Waals surface area contributed by atoms with Crippen LogP contribution in [-0.4, -0.2) is 17.4 Å². The van der Waals surface area contributed by atoms with Gasteiger partial charge in [0.25, 0.3) is 0 Å². The number of ether oxygens (including phenoxy) is 1. The molecule has 2 aromatic rings. The van der Waals surface area contributed by atoms with Gasteiger partial charge in [0, 0.05) is 11.1 Å². The highest BCUT2D eigenvalue weighted by atomic mass is 35.5. The van der Waals surface area contributed by atoms with Crippen LogP contribution in [0.3, 0.4) is 0 Å². The van der Waals surface area contributed by atoms with E-state index >= 15 is 0 Å². The van der Waals surface area contributed by atoms with E-state index in [4.69, 9.17) is 16.3 Å². The van der Waals surface area contributed by atoms with Gasteiger partial charge in [-0.25, -0.2) is 4.63 Å². The lowest BCUT2D eigenvalue weighted by Crippen LogP contribution is -2.03. The summed E-state index contributed by atoms with van der Waals surface area (Å²) in [4.78, 5) is 0. The number of benzene rings is 1. The van der Waals surface area contributed by atoms with Gasteiger partial charge in [-0.05, 0) is 25.5 Å². The molecule has 2 rings (SSSR count). The third-order valence-electron chi connectivity index (χ3n) is 2.67. The van der Waals surface area contributed by atoms with Crippen LogP contribution in [0.15, 0.2) is 16.8 Å². The quantitative estimate of drug-likeness (QED) is 0.923. The fourth-order valence-electron chi connectivity index (χ4n) is 1.56. The Morgan fingerprint density at radius 3 is 2.72 bits per heavy atom. The first-order chi connectivity index (χ1) is 8.61. The summed E-state index contributed by atoms with van der Waals surface area (Å²) in [5.74, 6) is 0.694. The second-order valence-corrected chi connectivity index (χ2v) is 4.36. The molecule has 5 nitrogen and oxygen atoms in total. The van der Waals surface area contributed by atoms with E-state index in [-0.39, 0.29) is 0 Å². The molecule has 0 aliphatic rings. The van der Waals surface area contributed by atoms with Crippen LogP contribution in [0.5, 0.6) is 5.75 Å². The first kappa shape index (κ1) is 12.7. The van der Waals surface area contributed by atoms with Gasteiger partial charge >= 0.3 is 0 Å². The fraction of sp³-hybridized carbons (Fsp3) is 0.333. The van der Waals surface area contributed by atoms with Crippen LogP contribution in [0.1, 0.15) is 17.0 Å². The van der Waals surface area contributed by atoms with Crippen LogP contribution in [0.25, 0.3) is 0 Å². The molecule has 0 saturated heterocycles. The number of aromatic nitrogens is 2. The number of aryl methyl sites for hydroxylation is 2. The maximum absolute atomic E-state index is 6.04. The van der Waals surface area contributed by atoms with E-state index in [1.807, 2.05) is 19.9 Å². The standard InChI is InChI=1S/C12H14ClN3O2/c1-7-4-10(12(17-3)5-9(7)13)14-6-11-8(2)15-18-16-11/h4-5,14H,6H2,1-3H3. The van der Waals surface area contributed by atoms with Crippen molar-refractivity contribution in [1.29, 1.82) is 0 Å². The molecule has 0 spiro atoms. The lowest BCUT2D eigenvalue weighted by molar-refractivity contribution is 0.301. The predicted octanol–water partition coefficient (Wildman–Crippen LogP) is 2.96. The van der Waals surface area contributed by atoms with Crippen molar-refractivity contribution >= 4 is 17.3 Å².